The summed E-state index contributed by atoms with van der Waals surface area (Å²) in [5.41, 5.74) is 1.61. The number of halogens is 1. The molecule has 0 saturated carbocycles. The van der Waals surface area contributed by atoms with Crippen LogP contribution in [-0.2, 0) is 6.54 Å². The van der Waals surface area contributed by atoms with Gasteiger partial charge in [-0.15, -0.1) is 11.3 Å². The Kier molecular flexibility index (Phi) is 5.34. The quantitative estimate of drug-likeness (QED) is 0.806. The second kappa shape index (κ2) is 7.02. The fraction of sp³-hybridized carbons (Fsp3) is 0.267. The molecular formula is C15H16BrNO2S. The van der Waals surface area contributed by atoms with E-state index in [2.05, 4.69) is 40.3 Å². The minimum absolute atomic E-state index is 0.276. The van der Waals surface area contributed by atoms with Gasteiger partial charge in [0.25, 0.3) is 0 Å². The van der Waals surface area contributed by atoms with E-state index in [1.165, 1.54) is 16.9 Å². The van der Waals surface area contributed by atoms with E-state index in [9.17, 15) is 4.79 Å². The Morgan fingerprint density at radius 1 is 1.40 bits per heavy atom. The van der Waals surface area contributed by atoms with Crippen molar-refractivity contribution in [2.45, 2.75) is 25.9 Å². The summed E-state index contributed by atoms with van der Waals surface area (Å²) in [5, 5.41) is 14.1. The van der Waals surface area contributed by atoms with Crippen LogP contribution in [0.15, 0.2) is 40.2 Å². The van der Waals surface area contributed by atoms with Crippen LogP contribution in [0.5, 0.6) is 0 Å². The number of nitrogens with one attached hydrogen (secondary N) is 1. The van der Waals surface area contributed by atoms with Crippen LogP contribution in [0.3, 0.4) is 0 Å². The van der Waals surface area contributed by atoms with E-state index in [0.29, 0.717) is 12.1 Å². The van der Waals surface area contributed by atoms with Gasteiger partial charge in [0, 0.05) is 27.3 Å². The molecule has 2 aromatic rings. The summed E-state index contributed by atoms with van der Waals surface area (Å²) in [6, 6.07) is 10.3. The molecule has 1 unspecified atom stereocenters. The van der Waals surface area contributed by atoms with Gasteiger partial charge in [0.1, 0.15) is 0 Å². The van der Waals surface area contributed by atoms with Gasteiger partial charge in [0.05, 0.1) is 5.56 Å². The number of carboxylic acid groups (broad SMARTS) is 1. The van der Waals surface area contributed by atoms with Crippen LogP contribution in [0.1, 0.15) is 40.2 Å². The molecule has 5 heteroatoms. The molecule has 2 rings (SSSR count). The number of benzene rings is 1. The van der Waals surface area contributed by atoms with Gasteiger partial charge in [-0.3, -0.25) is 0 Å². The third-order valence-corrected chi connectivity index (χ3v) is 4.57. The zero-order valence-electron chi connectivity index (χ0n) is 11.1. The van der Waals surface area contributed by atoms with E-state index < -0.39 is 5.97 Å². The van der Waals surface area contributed by atoms with Crippen LogP contribution < -0.4 is 5.32 Å². The summed E-state index contributed by atoms with van der Waals surface area (Å²) in [6.07, 6.45) is 0.985. The number of hydrogen-bond acceptors (Lipinski definition) is 3. The Balaban J connectivity index is 1.99. The molecule has 20 heavy (non-hydrogen) atoms. The van der Waals surface area contributed by atoms with Crippen molar-refractivity contribution >= 4 is 33.2 Å². The summed E-state index contributed by atoms with van der Waals surface area (Å²) in [4.78, 5) is 11.9. The highest BCUT2D eigenvalue weighted by Gasteiger charge is 2.10. The molecule has 0 fully saturated rings. The van der Waals surface area contributed by atoms with Crippen molar-refractivity contribution in [1.29, 1.82) is 0 Å². The Morgan fingerprint density at radius 3 is 2.65 bits per heavy atom. The van der Waals surface area contributed by atoms with E-state index in [0.717, 1.165) is 15.8 Å². The minimum Gasteiger partial charge on any atom is -0.478 e. The lowest BCUT2D eigenvalue weighted by Gasteiger charge is -2.17. The average molecular weight is 354 g/mol. The molecule has 0 aliphatic rings. The maximum Gasteiger partial charge on any atom is 0.336 e. The molecule has 106 valence electrons. The summed E-state index contributed by atoms with van der Waals surface area (Å²) in [6.45, 7) is 2.82. The Bertz CT molecular complexity index is 580. The van der Waals surface area contributed by atoms with E-state index in [-0.39, 0.29) is 6.04 Å². The van der Waals surface area contributed by atoms with Crippen molar-refractivity contribution in [1.82, 2.24) is 5.32 Å². The first-order valence-electron chi connectivity index (χ1n) is 6.39. The molecule has 0 bridgehead atoms. The summed E-state index contributed by atoms with van der Waals surface area (Å²) < 4.78 is 1.07. The third-order valence-electron chi connectivity index (χ3n) is 3.10. The first-order chi connectivity index (χ1) is 9.60. The molecule has 0 aliphatic heterocycles. The van der Waals surface area contributed by atoms with Crippen LogP contribution in [0.2, 0.25) is 0 Å². The molecule has 1 aromatic carbocycles. The van der Waals surface area contributed by atoms with Gasteiger partial charge < -0.3 is 10.4 Å². The number of aromatic carboxylic acids is 1. The topological polar surface area (TPSA) is 49.3 Å². The second-order valence-corrected chi connectivity index (χ2v) is 6.41. The van der Waals surface area contributed by atoms with Crippen molar-refractivity contribution in [3.63, 3.8) is 0 Å². The normalized spacial score (nSPS) is 12.3. The van der Waals surface area contributed by atoms with Crippen LogP contribution in [0.25, 0.3) is 0 Å². The lowest BCUT2D eigenvalue weighted by molar-refractivity contribution is 0.0697. The largest absolute Gasteiger partial charge is 0.478 e. The fourth-order valence-corrected chi connectivity index (χ4v) is 3.08. The van der Waals surface area contributed by atoms with Gasteiger partial charge in [0.15, 0.2) is 0 Å². The van der Waals surface area contributed by atoms with E-state index in [1.807, 2.05) is 12.1 Å². The van der Waals surface area contributed by atoms with Gasteiger partial charge >= 0.3 is 5.97 Å². The molecule has 0 aliphatic carbocycles. The Hall–Kier alpha value is -1.17. The maximum absolute atomic E-state index is 10.8. The highest BCUT2D eigenvalue weighted by Crippen LogP contribution is 2.21. The van der Waals surface area contributed by atoms with Crippen molar-refractivity contribution < 1.29 is 9.90 Å². The lowest BCUT2D eigenvalue weighted by Crippen LogP contribution is -2.19. The van der Waals surface area contributed by atoms with Crippen molar-refractivity contribution in [2.75, 3.05) is 0 Å². The van der Waals surface area contributed by atoms with Gasteiger partial charge in [-0.05, 0) is 30.2 Å². The fourth-order valence-electron chi connectivity index (χ4n) is 2.00. The van der Waals surface area contributed by atoms with Gasteiger partial charge in [-0.2, -0.15) is 0 Å². The van der Waals surface area contributed by atoms with Gasteiger partial charge in [0.2, 0.25) is 0 Å². The third kappa shape index (κ3) is 3.91. The Labute approximate surface area is 130 Å². The second-order valence-electron chi connectivity index (χ2n) is 4.50. The molecule has 1 heterocycles. The first kappa shape index (κ1) is 15.2. The molecule has 3 nitrogen and oxygen atoms in total. The van der Waals surface area contributed by atoms with E-state index >= 15 is 0 Å². The minimum atomic E-state index is -0.868. The first-order valence-corrected chi connectivity index (χ1v) is 8.07. The van der Waals surface area contributed by atoms with Crippen molar-refractivity contribution in [3.05, 3.63) is 56.2 Å². The van der Waals surface area contributed by atoms with Gasteiger partial charge in [-0.1, -0.05) is 35.0 Å². The molecule has 0 saturated heterocycles. The number of carboxylic acids is 1. The predicted molar refractivity (Wildman–Crippen MR) is 85.3 cm³/mol. The molecule has 0 spiro atoms. The summed E-state index contributed by atoms with van der Waals surface area (Å²) in [5.74, 6) is -0.868. The summed E-state index contributed by atoms with van der Waals surface area (Å²) >= 11 is 4.91. The number of carbonyl (C=O) groups is 1. The van der Waals surface area contributed by atoms with Crippen LogP contribution >= 0.6 is 27.3 Å². The standard InChI is InChI=1S/C15H16BrNO2S/c1-2-14(10-3-5-12(16)6-4-10)17-8-13-7-11(9-20-13)15(18)19/h3-7,9,14,17H,2,8H2,1H3,(H,18,19). The average Bonchev–Trinajstić information content (AvgIpc) is 2.90. The molecule has 1 atom stereocenters. The van der Waals surface area contributed by atoms with Crippen molar-refractivity contribution in [2.24, 2.45) is 0 Å². The smallest absolute Gasteiger partial charge is 0.336 e. The predicted octanol–water partition coefficient (Wildman–Crippen LogP) is 4.45. The number of thiophene rings is 1. The molecule has 0 amide bonds. The van der Waals surface area contributed by atoms with Gasteiger partial charge in [-0.25, -0.2) is 4.79 Å². The molecule has 2 N–H and O–H groups in total. The SMILES string of the molecule is CCC(NCc1cc(C(=O)O)cs1)c1ccc(Br)cc1. The lowest BCUT2D eigenvalue weighted by atomic mass is 10.0. The number of rotatable bonds is 6. The highest BCUT2D eigenvalue weighted by atomic mass is 79.9. The maximum atomic E-state index is 10.8. The van der Waals surface area contributed by atoms with Crippen LogP contribution in [0.4, 0.5) is 0 Å². The monoisotopic (exact) mass is 353 g/mol. The van der Waals surface area contributed by atoms with E-state index in [4.69, 9.17) is 5.11 Å². The zero-order valence-corrected chi connectivity index (χ0v) is 13.5. The molecular weight excluding hydrogens is 338 g/mol. The van der Waals surface area contributed by atoms with Crippen LogP contribution in [-0.4, -0.2) is 11.1 Å². The summed E-state index contributed by atoms with van der Waals surface area (Å²) in [7, 11) is 0. The zero-order chi connectivity index (χ0) is 14.5. The number of hydrogen-bond donors (Lipinski definition) is 2. The Morgan fingerprint density at radius 2 is 2.10 bits per heavy atom. The van der Waals surface area contributed by atoms with Crippen molar-refractivity contribution in [3.8, 4) is 0 Å². The molecule has 1 aromatic heterocycles. The molecule has 0 radical (unpaired) electrons. The van der Waals surface area contributed by atoms with Crippen LogP contribution in [0, 0.1) is 0 Å². The highest BCUT2D eigenvalue weighted by molar-refractivity contribution is 9.10. The van der Waals surface area contributed by atoms with E-state index in [1.54, 1.807) is 11.4 Å².